The zero-order valence-corrected chi connectivity index (χ0v) is 19.9. The second-order valence-corrected chi connectivity index (χ2v) is 10.9. The maximum Gasteiger partial charge on any atom is 0.446 e. The van der Waals surface area contributed by atoms with Crippen LogP contribution in [0, 0.1) is 9.62 Å². The molecule has 4 rings (SSSR count). The van der Waals surface area contributed by atoms with Crippen molar-refractivity contribution in [2.45, 2.75) is 54.9 Å². The van der Waals surface area contributed by atoms with Gasteiger partial charge in [0.25, 0.3) is 0 Å². The highest BCUT2D eigenvalue weighted by molar-refractivity contribution is 14.1. The highest BCUT2D eigenvalue weighted by Gasteiger charge is 2.64. The summed E-state index contributed by atoms with van der Waals surface area (Å²) in [6.07, 6.45) is -1.40. The van der Waals surface area contributed by atoms with E-state index in [9.17, 15) is 18.0 Å². The lowest BCUT2D eigenvalue weighted by atomic mass is 10.0. The predicted molar refractivity (Wildman–Crippen MR) is 117 cm³/mol. The van der Waals surface area contributed by atoms with Crippen LogP contribution in [-0.2, 0) is 4.74 Å². The summed E-state index contributed by atoms with van der Waals surface area (Å²) < 4.78 is 61.0. The summed E-state index contributed by atoms with van der Waals surface area (Å²) in [6.45, 7) is 5.50. The largest absolute Gasteiger partial charge is 0.446 e. The average Bonchev–Trinajstić information content (AvgIpc) is 3.25. The predicted octanol–water partition coefficient (Wildman–Crippen LogP) is 5.31. The molecule has 1 saturated heterocycles. The molecule has 0 aromatic carbocycles. The molecule has 0 spiro atoms. The Bertz CT molecular complexity index is 1020. The third-order valence-electron chi connectivity index (χ3n) is 5.34. The quantitative estimate of drug-likeness (QED) is 0.307. The van der Waals surface area contributed by atoms with E-state index >= 15 is 4.39 Å². The molecule has 1 aliphatic carbocycles. The van der Waals surface area contributed by atoms with Crippen LogP contribution in [0.1, 0.15) is 27.2 Å². The lowest BCUT2D eigenvalue weighted by Crippen LogP contribution is -2.52. The van der Waals surface area contributed by atoms with E-state index in [4.69, 9.17) is 4.74 Å². The first-order chi connectivity index (χ1) is 14.3. The number of nitrogens with one attached hydrogen (secondary N) is 1. The Kier molecular flexibility index (Phi) is 5.55. The molecule has 6 nitrogen and oxygen atoms in total. The highest BCUT2D eigenvalue weighted by Crippen LogP contribution is 2.53. The Balaban J connectivity index is 1.55. The van der Waals surface area contributed by atoms with Crippen molar-refractivity contribution in [2.75, 3.05) is 18.4 Å². The standard InChI is InChI=1S/C19H21F4IN4O2S/c1-17(2,3)30-16(29)27-8-10-7-18(10,12(20)9-27)25-13-6-4-5-11-14(31-19(21,22)23)15(24)26-28(11)13/h4-6,10,12,25H,7-9H2,1-3H3/t10-,12+,18+/m1/s1. The van der Waals surface area contributed by atoms with Crippen molar-refractivity contribution in [3.05, 3.63) is 21.9 Å². The topological polar surface area (TPSA) is 58.9 Å². The van der Waals surface area contributed by atoms with Crippen LogP contribution in [0.4, 0.5) is 28.2 Å². The van der Waals surface area contributed by atoms with Crippen LogP contribution in [0.3, 0.4) is 0 Å². The lowest BCUT2D eigenvalue weighted by molar-refractivity contribution is -0.0328. The van der Waals surface area contributed by atoms with E-state index in [0.29, 0.717) is 24.3 Å². The second-order valence-electron chi connectivity index (χ2n) is 8.80. The van der Waals surface area contributed by atoms with E-state index in [0.717, 1.165) is 0 Å². The molecule has 2 aromatic heterocycles. The summed E-state index contributed by atoms with van der Waals surface area (Å²) in [7, 11) is 0. The fourth-order valence-corrected chi connectivity index (χ4v) is 5.36. The van der Waals surface area contributed by atoms with Crippen molar-refractivity contribution in [1.29, 1.82) is 0 Å². The summed E-state index contributed by atoms with van der Waals surface area (Å²) >= 11 is 1.55. The third-order valence-corrected chi connectivity index (χ3v) is 7.29. The van der Waals surface area contributed by atoms with Crippen molar-refractivity contribution in [3.8, 4) is 0 Å². The highest BCUT2D eigenvalue weighted by atomic mass is 127. The smallest absolute Gasteiger partial charge is 0.444 e. The van der Waals surface area contributed by atoms with Crippen LogP contribution in [0.25, 0.3) is 5.52 Å². The first-order valence-corrected chi connectivity index (χ1v) is 11.5. The van der Waals surface area contributed by atoms with Gasteiger partial charge < -0.3 is 15.0 Å². The SMILES string of the molecule is CC(C)(C)OC(=O)N1C[C@H]2C[C@@]2(Nc2cccc3c(SC(F)(F)F)c(I)nn23)[C@@H](F)C1. The Morgan fingerprint density at radius 2 is 2.03 bits per heavy atom. The number of carbonyl (C=O) groups excluding carboxylic acids is 1. The molecule has 31 heavy (non-hydrogen) atoms. The van der Waals surface area contributed by atoms with Crippen molar-refractivity contribution in [2.24, 2.45) is 5.92 Å². The summed E-state index contributed by atoms with van der Waals surface area (Å²) in [5.74, 6) is 0.290. The number of hydrogen-bond acceptors (Lipinski definition) is 5. The first-order valence-electron chi connectivity index (χ1n) is 9.62. The van der Waals surface area contributed by atoms with E-state index in [1.54, 1.807) is 61.6 Å². The van der Waals surface area contributed by atoms with Gasteiger partial charge in [-0.1, -0.05) is 6.07 Å². The van der Waals surface area contributed by atoms with Crippen LogP contribution in [0.15, 0.2) is 23.1 Å². The van der Waals surface area contributed by atoms with Gasteiger partial charge in [-0.2, -0.15) is 18.3 Å². The number of likely N-dealkylation sites (tertiary alicyclic amines) is 1. The van der Waals surface area contributed by atoms with Crippen LogP contribution < -0.4 is 5.32 Å². The Labute approximate surface area is 194 Å². The number of aromatic nitrogens is 2. The molecule has 2 aliphatic rings. The van der Waals surface area contributed by atoms with Gasteiger partial charge in [-0.3, -0.25) is 0 Å². The number of alkyl halides is 4. The number of rotatable bonds is 3. The zero-order chi connectivity index (χ0) is 22.8. The number of hydrogen-bond donors (Lipinski definition) is 1. The van der Waals surface area contributed by atoms with Gasteiger partial charge in [0.05, 0.1) is 22.5 Å². The van der Waals surface area contributed by atoms with Crippen LogP contribution in [0.2, 0.25) is 0 Å². The van der Waals surface area contributed by atoms with E-state index in [1.165, 1.54) is 9.42 Å². The molecular weight excluding hydrogens is 551 g/mol. The van der Waals surface area contributed by atoms with Gasteiger partial charge in [0.1, 0.15) is 21.3 Å². The zero-order valence-electron chi connectivity index (χ0n) is 17.0. The van der Waals surface area contributed by atoms with Gasteiger partial charge in [-0.25, -0.2) is 13.7 Å². The number of carbonyl (C=O) groups is 1. The summed E-state index contributed by atoms with van der Waals surface area (Å²) in [4.78, 5) is 13.7. The lowest BCUT2D eigenvalue weighted by Gasteiger charge is -2.36. The Morgan fingerprint density at radius 3 is 2.65 bits per heavy atom. The fraction of sp³-hybridized carbons (Fsp3) is 0.579. The monoisotopic (exact) mass is 572 g/mol. The number of nitrogens with zero attached hydrogens (tertiary/aromatic N) is 3. The molecule has 1 aliphatic heterocycles. The Morgan fingerprint density at radius 1 is 1.32 bits per heavy atom. The molecule has 12 heteroatoms. The number of thioether (sulfide) groups is 1. The molecule has 2 fully saturated rings. The number of halogens is 5. The van der Waals surface area contributed by atoms with Gasteiger partial charge in [0, 0.05) is 12.5 Å². The van der Waals surface area contributed by atoms with E-state index < -0.39 is 28.9 Å². The maximum absolute atomic E-state index is 15.2. The normalized spacial score (nSPS) is 26.0. The molecule has 1 N–H and O–H groups in total. The van der Waals surface area contributed by atoms with Gasteiger partial charge in [0.2, 0.25) is 0 Å². The number of anilines is 1. The molecule has 1 saturated carbocycles. The van der Waals surface area contributed by atoms with Crippen LogP contribution in [-0.4, -0.2) is 56.5 Å². The number of amides is 1. The summed E-state index contributed by atoms with van der Waals surface area (Å²) in [6, 6.07) is 4.83. The number of ether oxygens (including phenoxy) is 1. The molecule has 3 atom stereocenters. The molecule has 170 valence electrons. The third kappa shape index (κ3) is 4.55. The molecular formula is C19H21F4IN4O2S. The molecule has 0 bridgehead atoms. The first kappa shape index (κ1) is 22.7. The molecule has 0 unspecified atom stereocenters. The minimum absolute atomic E-state index is 0.0122. The van der Waals surface area contributed by atoms with Gasteiger partial charge >= 0.3 is 11.6 Å². The molecule has 2 aromatic rings. The molecule has 3 heterocycles. The maximum atomic E-state index is 15.2. The van der Waals surface area contributed by atoms with Crippen LogP contribution in [0.5, 0.6) is 0 Å². The number of piperidine rings is 1. The van der Waals surface area contributed by atoms with Crippen molar-refractivity contribution < 1.29 is 27.1 Å². The van der Waals surface area contributed by atoms with Gasteiger partial charge in [0.15, 0.2) is 0 Å². The van der Waals surface area contributed by atoms with Crippen molar-refractivity contribution >= 4 is 51.8 Å². The second kappa shape index (κ2) is 7.56. The van der Waals surface area contributed by atoms with E-state index in [-0.39, 0.29) is 32.8 Å². The van der Waals surface area contributed by atoms with Crippen LogP contribution >= 0.6 is 34.4 Å². The minimum Gasteiger partial charge on any atom is -0.444 e. The van der Waals surface area contributed by atoms with Gasteiger partial charge in [-0.15, -0.1) is 0 Å². The van der Waals surface area contributed by atoms with Gasteiger partial charge in [-0.05, 0) is 73.7 Å². The summed E-state index contributed by atoms with van der Waals surface area (Å²) in [5.41, 5.74) is -5.68. The van der Waals surface area contributed by atoms with Crippen molar-refractivity contribution in [3.63, 3.8) is 0 Å². The number of pyridine rings is 1. The van der Waals surface area contributed by atoms with Crippen molar-refractivity contribution in [1.82, 2.24) is 14.5 Å². The van der Waals surface area contributed by atoms with E-state index in [2.05, 4.69) is 10.4 Å². The van der Waals surface area contributed by atoms with E-state index in [1.807, 2.05) is 0 Å². The summed E-state index contributed by atoms with van der Waals surface area (Å²) in [5, 5.41) is 7.42. The molecule has 0 radical (unpaired) electrons. The Hall–Kier alpha value is -1.44. The number of fused-ring (bicyclic) bond motifs is 2. The average molecular weight is 572 g/mol. The fourth-order valence-electron chi connectivity index (χ4n) is 3.93. The minimum atomic E-state index is -4.44. The molecule has 1 amide bonds.